The van der Waals surface area contributed by atoms with Crippen LogP contribution in [0.2, 0.25) is 0 Å². The lowest BCUT2D eigenvalue weighted by molar-refractivity contribution is -0.382. The molecule has 0 radical (unpaired) electrons. The zero-order chi connectivity index (χ0) is 27.9. The van der Waals surface area contributed by atoms with E-state index in [0.29, 0.717) is 18.9 Å². The van der Waals surface area contributed by atoms with E-state index in [4.69, 9.17) is 4.74 Å². The lowest BCUT2D eigenvalue weighted by Gasteiger charge is -2.48. The van der Waals surface area contributed by atoms with Gasteiger partial charge in [0.1, 0.15) is 21.6 Å². The van der Waals surface area contributed by atoms with Crippen LogP contribution < -0.4 is 8.92 Å². The van der Waals surface area contributed by atoms with E-state index in [1.165, 1.54) is 0 Å². The predicted octanol–water partition coefficient (Wildman–Crippen LogP) is 5.70. The highest BCUT2D eigenvalue weighted by molar-refractivity contribution is 9.10. The quantitative estimate of drug-likeness (QED) is 0.322. The lowest BCUT2D eigenvalue weighted by atomic mass is 9.66. The smallest absolute Gasteiger partial charge is 0.460 e. The lowest BCUT2D eigenvalue weighted by Crippen LogP contribution is -2.63. The first kappa shape index (κ1) is 28.9. The number of phenols is 1. The summed E-state index contributed by atoms with van der Waals surface area (Å²) in [5, 5.41) is 13.6. The molecule has 1 aromatic rings. The van der Waals surface area contributed by atoms with Crippen molar-refractivity contribution in [1.29, 1.82) is 0 Å². The van der Waals surface area contributed by atoms with E-state index in [2.05, 4.69) is 20.1 Å². The molecule has 3 rings (SSSR count). The summed E-state index contributed by atoms with van der Waals surface area (Å²) in [5.41, 5.74) is -1.03. The number of aliphatic hydroxyl groups excluding tert-OH is 1. The van der Waals surface area contributed by atoms with Crippen molar-refractivity contribution >= 4 is 26.0 Å². The van der Waals surface area contributed by atoms with Crippen LogP contribution in [0.1, 0.15) is 44.6 Å². The summed E-state index contributed by atoms with van der Waals surface area (Å²) in [4.78, 5) is 0. The molecule has 0 unspecified atom stereocenters. The average molecular weight is 625 g/mol. The largest absolute Gasteiger partial charge is 0.506 e. The number of rotatable bonds is 5. The van der Waals surface area contributed by atoms with E-state index in [0.717, 1.165) is 0 Å². The Morgan fingerprint density at radius 3 is 2.14 bits per heavy atom. The monoisotopic (exact) mass is 624 g/mol. The molecule has 0 bridgehead atoms. The minimum absolute atomic E-state index is 0.00427. The van der Waals surface area contributed by atoms with Gasteiger partial charge in [0.15, 0.2) is 5.75 Å². The van der Waals surface area contributed by atoms with Crippen LogP contribution in [0.15, 0.2) is 10.5 Å². The molecule has 0 aromatic heterocycles. The molecule has 0 spiro atoms. The molecule has 2 aliphatic rings. The van der Waals surface area contributed by atoms with Gasteiger partial charge in [-0.1, -0.05) is 0 Å². The molecule has 1 saturated carbocycles. The summed E-state index contributed by atoms with van der Waals surface area (Å²) in [6.07, 6.45) is -7.08. The second-order valence-corrected chi connectivity index (χ2v) is 11.4. The Morgan fingerprint density at radius 2 is 1.61 bits per heavy atom. The number of halogens is 10. The second-order valence-electron chi connectivity index (χ2n) is 9.04. The van der Waals surface area contributed by atoms with Gasteiger partial charge in [-0.3, -0.25) is 0 Å². The first-order valence-corrected chi connectivity index (χ1v) is 12.3. The maximum absolute atomic E-state index is 14.1. The normalized spacial score (nSPS) is 25.0. The van der Waals surface area contributed by atoms with Gasteiger partial charge in [-0.25, -0.2) is 0 Å². The van der Waals surface area contributed by atoms with E-state index in [1.807, 2.05) is 0 Å². The number of aromatic hydroxyl groups is 1. The van der Waals surface area contributed by atoms with Gasteiger partial charge in [-0.05, 0) is 49.0 Å². The summed E-state index contributed by atoms with van der Waals surface area (Å²) < 4.78 is 151. The Labute approximate surface area is 206 Å². The van der Waals surface area contributed by atoms with E-state index < -0.39 is 67.0 Å². The maximum atomic E-state index is 14.1. The molecule has 3 atom stereocenters. The molecular formula is C19H18BrF9O6S. The van der Waals surface area contributed by atoms with Gasteiger partial charge in [-0.2, -0.15) is 47.9 Å². The van der Waals surface area contributed by atoms with Gasteiger partial charge in [0, 0.05) is 23.5 Å². The Hall–Kier alpha value is -1.62. The Bertz CT molecular complexity index is 1150. The highest BCUT2D eigenvalue weighted by Gasteiger charge is 2.86. The highest BCUT2D eigenvalue weighted by Crippen LogP contribution is 2.59. The molecular weight excluding hydrogens is 607 g/mol. The van der Waals surface area contributed by atoms with Crippen molar-refractivity contribution in [2.24, 2.45) is 5.92 Å². The predicted molar refractivity (Wildman–Crippen MR) is 107 cm³/mol. The number of ether oxygens (including phenoxy) is 1. The average Bonchev–Trinajstić information content (AvgIpc) is 2.69. The van der Waals surface area contributed by atoms with Crippen molar-refractivity contribution in [1.82, 2.24) is 0 Å². The third-order valence-electron chi connectivity index (χ3n) is 6.30. The molecule has 206 valence electrons. The zero-order valence-electron chi connectivity index (χ0n) is 18.1. The fourth-order valence-corrected chi connectivity index (χ4v) is 5.89. The molecule has 6 nitrogen and oxygen atoms in total. The highest BCUT2D eigenvalue weighted by atomic mass is 79.9. The van der Waals surface area contributed by atoms with Crippen LogP contribution >= 0.6 is 15.9 Å². The minimum atomic E-state index is -7.48. The van der Waals surface area contributed by atoms with Crippen LogP contribution in [-0.2, 0) is 10.1 Å². The van der Waals surface area contributed by atoms with Crippen molar-refractivity contribution < 1.29 is 67.1 Å². The first-order chi connectivity index (χ1) is 16.0. The van der Waals surface area contributed by atoms with Crippen LogP contribution in [-0.4, -0.2) is 53.6 Å². The van der Waals surface area contributed by atoms with Gasteiger partial charge in [0.05, 0.1) is 6.10 Å². The zero-order valence-corrected chi connectivity index (χ0v) is 20.5. The van der Waals surface area contributed by atoms with Crippen molar-refractivity contribution in [2.45, 2.75) is 74.0 Å². The Morgan fingerprint density at radius 1 is 1.06 bits per heavy atom. The molecule has 2 N–H and O–H groups in total. The molecule has 1 aliphatic carbocycles. The Balaban J connectivity index is 2.08. The second kappa shape index (κ2) is 8.44. The summed E-state index contributed by atoms with van der Waals surface area (Å²) >= 11 is 2.64. The van der Waals surface area contributed by atoms with Crippen molar-refractivity contribution in [3.8, 4) is 17.2 Å². The third-order valence-corrected chi connectivity index (χ3v) is 8.35. The summed E-state index contributed by atoms with van der Waals surface area (Å²) in [7, 11) is -7.24. The minimum Gasteiger partial charge on any atom is -0.506 e. The number of alkyl halides is 9. The molecule has 1 aliphatic heterocycles. The van der Waals surface area contributed by atoms with E-state index in [1.54, 1.807) is 13.8 Å². The molecule has 36 heavy (non-hydrogen) atoms. The van der Waals surface area contributed by atoms with E-state index in [9.17, 15) is 58.1 Å². The van der Waals surface area contributed by atoms with Crippen molar-refractivity contribution in [2.75, 3.05) is 0 Å². The SMILES string of the molecule is CC1(C)Oc2cc(OS(=O)(=O)C(F)(F)C(F)(F)C(F)(F)C(F)(F)F)c(Br)c(O)c2[C@@H]2C[C@H](O)CC[C@H]21. The van der Waals surface area contributed by atoms with Gasteiger partial charge in [0.2, 0.25) is 0 Å². The van der Waals surface area contributed by atoms with Gasteiger partial charge in [-0.15, -0.1) is 0 Å². The van der Waals surface area contributed by atoms with E-state index in [-0.39, 0.29) is 23.7 Å². The number of phenolic OH excluding ortho intramolecular Hbond substituents is 1. The Kier molecular flexibility index (Phi) is 6.79. The molecule has 1 fully saturated rings. The standard InChI is InChI=1S/C19H18BrF9O6S/c1-15(2)9-4-3-7(30)5-8(9)12-10(34-15)6-11(13(20)14(12)31)35-36(32,33)19(28,29)17(23,24)16(21,22)18(25,26)27/h6-9,30-31H,3-5H2,1-2H3/t7-,8-,9-/m1/s1. The van der Waals surface area contributed by atoms with Gasteiger partial charge < -0.3 is 19.1 Å². The number of benzene rings is 1. The summed E-state index contributed by atoms with van der Waals surface area (Å²) in [5.74, 6) is -18.4. The maximum Gasteiger partial charge on any atom is 0.460 e. The van der Waals surface area contributed by atoms with Gasteiger partial charge >= 0.3 is 33.4 Å². The fraction of sp³-hybridized carbons (Fsp3) is 0.684. The molecule has 1 aromatic carbocycles. The van der Waals surface area contributed by atoms with Crippen LogP contribution in [0.4, 0.5) is 39.5 Å². The number of hydrogen-bond acceptors (Lipinski definition) is 6. The molecule has 0 saturated heterocycles. The fourth-order valence-electron chi connectivity index (χ4n) is 4.46. The number of hydrogen-bond donors (Lipinski definition) is 2. The summed E-state index contributed by atoms with van der Waals surface area (Å²) in [6.45, 7) is 3.19. The van der Waals surface area contributed by atoms with Crippen LogP contribution in [0.25, 0.3) is 0 Å². The number of fused-ring (bicyclic) bond motifs is 3. The summed E-state index contributed by atoms with van der Waals surface area (Å²) in [6, 6.07) is 0.575. The number of aliphatic hydroxyl groups is 1. The van der Waals surface area contributed by atoms with Crippen molar-refractivity contribution in [3.05, 3.63) is 16.1 Å². The van der Waals surface area contributed by atoms with E-state index >= 15 is 0 Å². The first-order valence-electron chi connectivity index (χ1n) is 10.1. The third kappa shape index (κ3) is 4.18. The van der Waals surface area contributed by atoms with Crippen LogP contribution in [0.3, 0.4) is 0 Å². The van der Waals surface area contributed by atoms with Crippen molar-refractivity contribution in [3.63, 3.8) is 0 Å². The van der Waals surface area contributed by atoms with Crippen LogP contribution in [0, 0.1) is 5.92 Å². The van der Waals surface area contributed by atoms with Crippen LogP contribution in [0.5, 0.6) is 17.2 Å². The van der Waals surface area contributed by atoms with Gasteiger partial charge in [0.25, 0.3) is 0 Å². The topological polar surface area (TPSA) is 93.1 Å². The molecule has 17 heteroatoms. The molecule has 1 heterocycles. The molecule has 0 amide bonds.